The number of aryl methyl sites for hydroxylation is 1. The molecule has 4 heteroatoms. The zero-order valence-corrected chi connectivity index (χ0v) is 14.9. The van der Waals surface area contributed by atoms with E-state index in [4.69, 9.17) is 9.84 Å². The van der Waals surface area contributed by atoms with Crippen LogP contribution >= 0.6 is 0 Å². The second kappa shape index (κ2) is 5.63. The first-order valence-electron chi connectivity index (χ1n) is 9.27. The molecule has 0 radical (unpaired) electrons. The first kappa shape index (κ1) is 15.5. The van der Waals surface area contributed by atoms with Crippen molar-refractivity contribution in [3.8, 4) is 5.75 Å². The Kier molecular flexibility index (Phi) is 3.36. The summed E-state index contributed by atoms with van der Waals surface area (Å²) >= 11 is 0. The maximum absolute atomic E-state index is 10.2. The molecule has 0 amide bonds. The Balaban J connectivity index is 1.63. The number of aliphatic hydroxyl groups is 1. The zero-order chi connectivity index (χ0) is 17.7. The summed E-state index contributed by atoms with van der Waals surface area (Å²) in [6.45, 7) is 2.10. The van der Waals surface area contributed by atoms with Gasteiger partial charge in [-0.1, -0.05) is 48.0 Å². The van der Waals surface area contributed by atoms with Crippen molar-refractivity contribution in [1.82, 2.24) is 5.01 Å². The molecule has 0 unspecified atom stereocenters. The Labute approximate surface area is 153 Å². The molecule has 132 valence electrons. The van der Waals surface area contributed by atoms with Crippen LogP contribution in [0, 0.1) is 6.92 Å². The molecule has 0 fully saturated rings. The van der Waals surface area contributed by atoms with Crippen LogP contribution in [0.3, 0.4) is 0 Å². The summed E-state index contributed by atoms with van der Waals surface area (Å²) in [7, 11) is 0. The van der Waals surface area contributed by atoms with Crippen LogP contribution in [0.1, 0.15) is 48.4 Å². The highest BCUT2D eigenvalue weighted by Gasteiger charge is 2.50. The van der Waals surface area contributed by atoms with Gasteiger partial charge in [0.1, 0.15) is 5.75 Å². The third kappa shape index (κ3) is 2.32. The lowest BCUT2D eigenvalue weighted by Gasteiger charge is -2.47. The Hall–Kier alpha value is -2.75. The second-order valence-corrected chi connectivity index (χ2v) is 7.45. The summed E-state index contributed by atoms with van der Waals surface area (Å²) in [5.74, 6) is 1.30. The number of hydrogen-bond acceptors (Lipinski definition) is 4. The molecule has 1 spiro atoms. The largest absolute Gasteiger partial charge is 0.512 e. The fourth-order valence-corrected chi connectivity index (χ4v) is 4.30. The summed E-state index contributed by atoms with van der Waals surface area (Å²) in [5, 5.41) is 17.3. The maximum Gasteiger partial charge on any atom is 0.220 e. The van der Waals surface area contributed by atoms with Crippen LogP contribution in [0.4, 0.5) is 0 Å². The van der Waals surface area contributed by atoms with Crippen LogP contribution in [0.15, 0.2) is 65.5 Å². The van der Waals surface area contributed by atoms with E-state index in [-0.39, 0.29) is 6.04 Å². The lowest BCUT2D eigenvalue weighted by atomic mass is 9.90. The standard InChI is InChI=1S/C22H22N2O2/c1-15-8-10-16(11-9-15)19-13-20-18-6-2-3-7-21(18)26-22(24(20)23-19)12-4-5-17(25)14-22/h2-3,6-11,14,20,25H,4-5,12-13H2,1H3/t20-,22-/m0/s1. The monoisotopic (exact) mass is 346 g/mol. The van der Waals surface area contributed by atoms with E-state index in [1.165, 1.54) is 11.1 Å². The first-order valence-corrected chi connectivity index (χ1v) is 9.27. The van der Waals surface area contributed by atoms with E-state index in [1.54, 1.807) is 0 Å². The molecule has 2 atom stereocenters. The molecule has 0 aromatic heterocycles. The van der Waals surface area contributed by atoms with Crippen molar-refractivity contribution in [2.75, 3.05) is 0 Å². The van der Waals surface area contributed by atoms with Crippen molar-refractivity contribution in [3.63, 3.8) is 0 Å². The molecular weight excluding hydrogens is 324 g/mol. The number of fused-ring (bicyclic) bond motifs is 4. The topological polar surface area (TPSA) is 45.1 Å². The summed E-state index contributed by atoms with van der Waals surface area (Å²) < 4.78 is 6.43. The van der Waals surface area contributed by atoms with Gasteiger partial charge >= 0.3 is 0 Å². The normalized spacial score (nSPS) is 26.7. The molecular formula is C22H22N2O2. The molecule has 4 nitrogen and oxygen atoms in total. The predicted octanol–water partition coefficient (Wildman–Crippen LogP) is 4.86. The van der Waals surface area contributed by atoms with E-state index < -0.39 is 5.72 Å². The van der Waals surface area contributed by atoms with Gasteiger partial charge in [0.2, 0.25) is 5.72 Å². The molecule has 2 aromatic carbocycles. The van der Waals surface area contributed by atoms with Gasteiger partial charge in [0, 0.05) is 30.9 Å². The second-order valence-electron chi connectivity index (χ2n) is 7.45. The average molecular weight is 346 g/mol. The molecule has 2 aromatic rings. The number of hydrazone groups is 1. The molecule has 1 aliphatic carbocycles. The zero-order valence-electron chi connectivity index (χ0n) is 14.9. The van der Waals surface area contributed by atoms with Gasteiger partial charge in [-0.2, -0.15) is 5.10 Å². The fraction of sp³-hybridized carbons (Fsp3) is 0.318. The molecule has 2 heterocycles. The van der Waals surface area contributed by atoms with E-state index in [0.717, 1.165) is 36.3 Å². The third-order valence-corrected chi connectivity index (χ3v) is 5.61. The molecule has 1 N–H and O–H groups in total. The number of allylic oxidation sites excluding steroid dienone is 1. The SMILES string of the molecule is Cc1ccc(C2=NN3[C@@H](C2)c2ccccc2O[C@@]32C=C(O)CCC2)cc1. The summed E-state index contributed by atoms with van der Waals surface area (Å²) in [5.41, 5.74) is 3.96. The molecule has 0 saturated carbocycles. The van der Waals surface area contributed by atoms with Crippen molar-refractivity contribution in [2.45, 2.75) is 44.4 Å². The van der Waals surface area contributed by atoms with Gasteiger partial charge in [0.15, 0.2) is 0 Å². The Morgan fingerprint density at radius 1 is 1.15 bits per heavy atom. The van der Waals surface area contributed by atoms with Crippen LogP contribution < -0.4 is 4.74 Å². The number of benzene rings is 2. The highest BCUT2D eigenvalue weighted by molar-refractivity contribution is 6.02. The van der Waals surface area contributed by atoms with Crippen LogP contribution in [0.2, 0.25) is 0 Å². The number of ether oxygens (including phenoxy) is 1. The lowest BCUT2D eigenvalue weighted by Crippen LogP contribution is -2.53. The third-order valence-electron chi connectivity index (χ3n) is 5.61. The quantitative estimate of drug-likeness (QED) is 0.802. The fourth-order valence-electron chi connectivity index (χ4n) is 4.30. The van der Waals surface area contributed by atoms with Crippen molar-refractivity contribution in [3.05, 3.63) is 77.1 Å². The Morgan fingerprint density at radius 2 is 1.96 bits per heavy atom. The van der Waals surface area contributed by atoms with Gasteiger partial charge in [0.05, 0.1) is 17.5 Å². The van der Waals surface area contributed by atoms with Crippen molar-refractivity contribution in [1.29, 1.82) is 0 Å². The van der Waals surface area contributed by atoms with Crippen LogP contribution in [0.25, 0.3) is 0 Å². The molecule has 2 aliphatic heterocycles. The van der Waals surface area contributed by atoms with Gasteiger partial charge in [-0.05, 0) is 25.0 Å². The highest BCUT2D eigenvalue weighted by atomic mass is 16.5. The van der Waals surface area contributed by atoms with E-state index in [2.05, 4.69) is 48.3 Å². The van der Waals surface area contributed by atoms with Crippen LogP contribution in [-0.4, -0.2) is 21.6 Å². The lowest BCUT2D eigenvalue weighted by molar-refractivity contribution is -0.0944. The minimum Gasteiger partial charge on any atom is -0.512 e. The van der Waals surface area contributed by atoms with Crippen molar-refractivity contribution in [2.24, 2.45) is 5.10 Å². The predicted molar refractivity (Wildman–Crippen MR) is 101 cm³/mol. The molecule has 0 bridgehead atoms. The number of aliphatic hydroxyl groups excluding tert-OH is 1. The summed E-state index contributed by atoms with van der Waals surface area (Å²) in [4.78, 5) is 0. The maximum atomic E-state index is 10.2. The summed E-state index contributed by atoms with van der Waals surface area (Å²) in [6.07, 6.45) is 5.14. The van der Waals surface area contributed by atoms with Gasteiger partial charge in [-0.25, -0.2) is 5.01 Å². The number of rotatable bonds is 1. The van der Waals surface area contributed by atoms with E-state index in [9.17, 15) is 5.11 Å². The van der Waals surface area contributed by atoms with Gasteiger partial charge in [-0.3, -0.25) is 0 Å². The van der Waals surface area contributed by atoms with Crippen molar-refractivity contribution < 1.29 is 9.84 Å². The van der Waals surface area contributed by atoms with E-state index >= 15 is 0 Å². The minimum absolute atomic E-state index is 0.137. The Bertz CT molecular complexity index is 916. The number of hydrogen-bond donors (Lipinski definition) is 1. The van der Waals surface area contributed by atoms with Crippen LogP contribution in [0.5, 0.6) is 5.75 Å². The Morgan fingerprint density at radius 3 is 2.77 bits per heavy atom. The molecule has 0 saturated heterocycles. The van der Waals surface area contributed by atoms with E-state index in [0.29, 0.717) is 12.2 Å². The van der Waals surface area contributed by atoms with E-state index in [1.807, 2.05) is 18.2 Å². The minimum atomic E-state index is -0.687. The number of para-hydroxylation sites is 1. The number of nitrogens with zero attached hydrogens (tertiary/aromatic N) is 2. The van der Waals surface area contributed by atoms with Crippen molar-refractivity contribution >= 4 is 5.71 Å². The van der Waals surface area contributed by atoms with Crippen LogP contribution in [-0.2, 0) is 0 Å². The molecule has 5 rings (SSSR count). The highest BCUT2D eigenvalue weighted by Crippen LogP contribution is 2.50. The van der Waals surface area contributed by atoms with Gasteiger partial charge < -0.3 is 9.84 Å². The smallest absolute Gasteiger partial charge is 0.220 e. The molecule has 3 aliphatic rings. The molecule has 26 heavy (non-hydrogen) atoms. The summed E-state index contributed by atoms with van der Waals surface area (Å²) in [6, 6.07) is 16.9. The van der Waals surface area contributed by atoms with Gasteiger partial charge in [0.25, 0.3) is 0 Å². The first-order chi connectivity index (χ1) is 12.6. The average Bonchev–Trinajstić information content (AvgIpc) is 3.09. The van der Waals surface area contributed by atoms with Gasteiger partial charge in [-0.15, -0.1) is 0 Å².